The molecule has 0 unspecified atom stereocenters. The topological polar surface area (TPSA) is 79.2 Å². The number of rotatable bonds is 2. The summed E-state index contributed by atoms with van der Waals surface area (Å²) in [4.78, 5) is 13.3. The molecule has 2 aliphatic rings. The van der Waals surface area contributed by atoms with Crippen LogP contribution in [0.3, 0.4) is 0 Å². The molecule has 138 valence electrons. The van der Waals surface area contributed by atoms with E-state index in [2.05, 4.69) is 0 Å². The van der Waals surface area contributed by atoms with Crippen molar-refractivity contribution in [2.75, 3.05) is 21.0 Å². The van der Waals surface area contributed by atoms with Gasteiger partial charge in [-0.2, -0.15) is 0 Å². The van der Waals surface area contributed by atoms with E-state index in [4.69, 9.17) is 18.9 Å². The first-order valence-electron chi connectivity index (χ1n) is 8.53. The third-order valence-electron chi connectivity index (χ3n) is 5.16. The maximum atomic E-state index is 13.3. The fourth-order valence-corrected chi connectivity index (χ4v) is 3.88. The van der Waals surface area contributed by atoms with Crippen LogP contribution in [0.25, 0.3) is 22.0 Å². The Kier molecular flexibility index (Phi) is 3.35. The Morgan fingerprint density at radius 1 is 1.11 bits per heavy atom. The van der Waals surface area contributed by atoms with Crippen LogP contribution in [0.4, 0.5) is 0 Å². The average molecular weight is 367 g/mol. The van der Waals surface area contributed by atoms with Crippen molar-refractivity contribution in [1.29, 1.82) is 0 Å². The van der Waals surface area contributed by atoms with Gasteiger partial charge >= 0.3 is 0 Å². The van der Waals surface area contributed by atoms with Crippen molar-refractivity contribution in [1.82, 2.24) is 4.57 Å². The zero-order chi connectivity index (χ0) is 18.7. The lowest BCUT2D eigenvalue weighted by molar-refractivity contribution is 0.152. The monoisotopic (exact) mass is 367 g/mol. The molecule has 3 heterocycles. The minimum atomic E-state index is -0.825. The average Bonchev–Trinajstić information content (AvgIpc) is 3.14. The Labute approximate surface area is 154 Å². The number of nitrogens with zero attached hydrogens (tertiary/aromatic N) is 1. The zero-order valence-electron chi connectivity index (χ0n) is 14.8. The lowest BCUT2D eigenvalue weighted by Crippen LogP contribution is -2.29. The van der Waals surface area contributed by atoms with E-state index >= 15 is 0 Å². The van der Waals surface area contributed by atoms with Crippen molar-refractivity contribution in [2.24, 2.45) is 0 Å². The second-order valence-electron chi connectivity index (χ2n) is 6.52. The first-order valence-corrected chi connectivity index (χ1v) is 8.53. The number of methoxy groups -OCH3 is 2. The van der Waals surface area contributed by atoms with Gasteiger partial charge in [0.15, 0.2) is 23.0 Å². The van der Waals surface area contributed by atoms with Crippen LogP contribution in [-0.2, 0) is 6.54 Å². The summed E-state index contributed by atoms with van der Waals surface area (Å²) in [6, 6.07) is 9.13. The van der Waals surface area contributed by atoms with Crippen LogP contribution in [0, 0.1) is 0 Å². The number of hydrogen-bond acceptors (Lipinski definition) is 6. The number of benzene rings is 2. The molecule has 2 aromatic carbocycles. The Hall–Kier alpha value is -3.19. The van der Waals surface area contributed by atoms with E-state index < -0.39 is 6.10 Å². The Morgan fingerprint density at radius 2 is 1.89 bits per heavy atom. The molecule has 0 fully saturated rings. The van der Waals surface area contributed by atoms with Crippen LogP contribution in [-0.4, -0.2) is 30.7 Å². The molecular weight excluding hydrogens is 350 g/mol. The fraction of sp³-hybridized carbons (Fsp3) is 0.250. The molecule has 0 bridgehead atoms. The third-order valence-corrected chi connectivity index (χ3v) is 5.16. The predicted octanol–water partition coefficient (Wildman–Crippen LogP) is 2.46. The maximum absolute atomic E-state index is 13.3. The zero-order valence-corrected chi connectivity index (χ0v) is 14.8. The molecule has 1 aromatic heterocycles. The van der Waals surface area contributed by atoms with Crippen molar-refractivity contribution in [3.63, 3.8) is 0 Å². The highest BCUT2D eigenvalue weighted by molar-refractivity contribution is 5.93. The van der Waals surface area contributed by atoms with Crippen molar-refractivity contribution in [2.45, 2.75) is 12.6 Å². The number of aromatic nitrogens is 1. The summed E-state index contributed by atoms with van der Waals surface area (Å²) in [5, 5.41) is 11.8. The van der Waals surface area contributed by atoms with E-state index in [1.54, 1.807) is 16.7 Å². The van der Waals surface area contributed by atoms with Crippen molar-refractivity contribution in [3.05, 3.63) is 46.2 Å². The first kappa shape index (κ1) is 16.0. The van der Waals surface area contributed by atoms with Gasteiger partial charge in [-0.1, -0.05) is 6.07 Å². The van der Waals surface area contributed by atoms with Crippen molar-refractivity contribution in [3.8, 4) is 34.3 Å². The van der Waals surface area contributed by atoms with E-state index in [0.29, 0.717) is 28.4 Å². The summed E-state index contributed by atoms with van der Waals surface area (Å²) in [6.07, 6.45) is -0.825. The first-order chi connectivity index (χ1) is 13.1. The van der Waals surface area contributed by atoms with Gasteiger partial charge in [-0.25, -0.2) is 0 Å². The van der Waals surface area contributed by atoms with Gasteiger partial charge in [-0.15, -0.1) is 0 Å². The number of pyridine rings is 1. The Morgan fingerprint density at radius 3 is 2.63 bits per heavy atom. The number of fused-ring (bicyclic) bond motifs is 5. The summed E-state index contributed by atoms with van der Waals surface area (Å²) in [7, 11) is 3.04. The van der Waals surface area contributed by atoms with Gasteiger partial charge in [0.25, 0.3) is 5.56 Å². The molecule has 5 rings (SSSR count). The quantitative estimate of drug-likeness (QED) is 0.750. The summed E-state index contributed by atoms with van der Waals surface area (Å²) in [6.45, 7) is 0.299. The predicted molar refractivity (Wildman–Crippen MR) is 97.8 cm³/mol. The SMILES string of the molecule is COc1ccc2cc3n(c(=O)c2c1OC)C[C@H](O)c1cc2c(cc1-3)OCO2. The van der Waals surface area contributed by atoms with Gasteiger partial charge in [0.1, 0.15) is 0 Å². The molecule has 0 saturated heterocycles. The van der Waals surface area contributed by atoms with Crippen LogP contribution in [0.5, 0.6) is 23.0 Å². The van der Waals surface area contributed by atoms with Crippen LogP contribution < -0.4 is 24.5 Å². The summed E-state index contributed by atoms with van der Waals surface area (Å²) in [5.74, 6) is 2.09. The number of aliphatic hydroxyl groups excluding tert-OH is 1. The standard InChI is InChI=1S/C20H17NO6/c1-24-15-4-3-10-5-13-11-6-16-17(27-9-26-16)7-12(11)14(22)8-21(13)20(23)18(10)19(15)25-2/h3-7,14,22H,8-9H2,1-2H3/t14-/m0/s1. The second-order valence-corrected chi connectivity index (χ2v) is 6.52. The van der Waals surface area contributed by atoms with Crippen molar-refractivity contribution < 1.29 is 24.1 Å². The van der Waals surface area contributed by atoms with Crippen molar-refractivity contribution >= 4 is 10.8 Å². The third kappa shape index (κ3) is 2.15. The lowest BCUT2D eigenvalue weighted by atomic mass is 9.93. The van der Waals surface area contributed by atoms with Crippen LogP contribution in [0.15, 0.2) is 35.1 Å². The molecule has 7 heteroatoms. The van der Waals surface area contributed by atoms with Gasteiger partial charge in [-0.3, -0.25) is 4.79 Å². The Bertz CT molecular complexity index is 1150. The van der Waals surface area contributed by atoms with Crippen LogP contribution >= 0.6 is 0 Å². The van der Waals surface area contributed by atoms with Gasteiger partial charge in [0, 0.05) is 5.56 Å². The molecule has 7 nitrogen and oxygen atoms in total. The highest BCUT2D eigenvalue weighted by Gasteiger charge is 2.29. The molecule has 1 N–H and O–H groups in total. The van der Waals surface area contributed by atoms with E-state index in [1.165, 1.54) is 14.2 Å². The van der Waals surface area contributed by atoms with E-state index in [9.17, 15) is 9.90 Å². The minimum absolute atomic E-state index is 0.149. The van der Waals surface area contributed by atoms with E-state index in [0.717, 1.165) is 22.2 Å². The molecule has 0 amide bonds. The smallest absolute Gasteiger partial charge is 0.262 e. The number of ether oxygens (including phenoxy) is 4. The lowest BCUT2D eigenvalue weighted by Gasteiger charge is -2.27. The Balaban J connectivity index is 1.84. The van der Waals surface area contributed by atoms with Crippen LogP contribution in [0.2, 0.25) is 0 Å². The maximum Gasteiger partial charge on any atom is 0.262 e. The normalized spacial score (nSPS) is 16.8. The van der Waals surface area contributed by atoms with Gasteiger partial charge in [-0.05, 0) is 35.2 Å². The van der Waals surface area contributed by atoms with Gasteiger partial charge in [0.2, 0.25) is 6.79 Å². The van der Waals surface area contributed by atoms with E-state index in [1.807, 2.05) is 18.2 Å². The molecule has 0 aliphatic carbocycles. The molecule has 1 atom stereocenters. The number of hydrogen-bond donors (Lipinski definition) is 1. The molecule has 2 aliphatic heterocycles. The molecule has 3 aromatic rings. The largest absolute Gasteiger partial charge is 0.493 e. The molecule has 27 heavy (non-hydrogen) atoms. The second kappa shape index (κ2) is 5.65. The van der Waals surface area contributed by atoms with E-state index in [-0.39, 0.29) is 18.9 Å². The van der Waals surface area contributed by atoms with Crippen LogP contribution in [0.1, 0.15) is 11.7 Å². The highest BCUT2D eigenvalue weighted by Crippen LogP contribution is 2.44. The van der Waals surface area contributed by atoms with Gasteiger partial charge in [0.05, 0.1) is 37.9 Å². The highest BCUT2D eigenvalue weighted by atomic mass is 16.7. The summed E-state index contributed by atoms with van der Waals surface area (Å²) >= 11 is 0. The molecule has 0 spiro atoms. The molecule has 0 radical (unpaired) electrons. The molecular formula is C20H17NO6. The number of aliphatic hydroxyl groups is 1. The molecule has 0 saturated carbocycles. The minimum Gasteiger partial charge on any atom is -0.493 e. The van der Waals surface area contributed by atoms with Gasteiger partial charge < -0.3 is 28.6 Å². The summed E-state index contributed by atoms with van der Waals surface area (Å²) in [5.41, 5.74) is 1.96. The summed E-state index contributed by atoms with van der Waals surface area (Å²) < 4.78 is 23.2. The fourth-order valence-electron chi connectivity index (χ4n) is 3.88.